The highest BCUT2D eigenvalue weighted by Crippen LogP contribution is 2.40. The second-order valence-corrected chi connectivity index (χ2v) is 36.6. The third kappa shape index (κ3) is 33.3. The molecule has 0 atom stereocenters. The number of carboxylic acid groups (broad SMARTS) is 4. The number of carbonyl (C=O) groups is 8. The van der Waals surface area contributed by atoms with Crippen molar-refractivity contribution in [2.45, 2.75) is 211 Å². The molecule has 0 unspecified atom stereocenters. The van der Waals surface area contributed by atoms with E-state index in [4.69, 9.17) is 53.6 Å². The van der Waals surface area contributed by atoms with E-state index in [-0.39, 0.29) is 73.5 Å². The fourth-order valence-electron chi connectivity index (χ4n) is 16.9. The first-order valence-corrected chi connectivity index (χ1v) is 50.0. The van der Waals surface area contributed by atoms with E-state index >= 15 is 0 Å². The Labute approximate surface area is 839 Å². The fourth-order valence-corrected chi connectivity index (χ4v) is 16.9. The molecule has 0 aliphatic heterocycles. The number of hydrogen-bond donors (Lipinski definition) is 4. The van der Waals surface area contributed by atoms with Crippen LogP contribution in [0, 0.1) is 6.92 Å². The summed E-state index contributed by atoms with van der Waals surface area (Å²) in [5.74, 6) is 2.62. The number of unbranched alkanes of at least 4 members (excludes halogenated alkanes) is 8. The summed E-state index contributed by atoms with van der Waals surface area (Å²) in [6, 6.07) is 95.5. The number of hydrogen-bond acceptors (Lipinski definition) is 15. The van der Waals surface area contributed by atoms with Crippen molar-refractivity contribution in [2.24, 2.45) is 0 Å². The van der Waals surface area contributed by atoms with E-state index in [1.807, 2.05) is 287 Å². The van der Waals surface area contributed by atoms with Crippen LogP contribution in [0.15, 0.2) is 291 Å². The number of carboxylic acids is 4. The summed E-state index contributed by atoms with van der Waals surface area (Å²) >= 11 is 0. The van der Waals surface area contributed by atoms with Crippen molar-refractivity contribution < 1.29 is 91.9 Å². The molecule has 4 fully saturated rings. The Kier molecular flexibility index (Phi) is 40.3. The summed E-state index contributed by atoms with van der Waals surface area (Å²) in [5.41, 5.74) is 16.3. The topological polar surface area (TPSA) is 295 Å². The Bertz CT molecular complexity index is 6110. The van der Waals surface area contributed by atoms with Crippen molar-refractivity contribution >= 4 is 47.5 Å². The number of amides is 4. The maximum atomic E-state index is 13.5. The van der Waals surface area contributed by atoms with Crippen molar-refractivity contribution in [3.8, 4) is 84.8 Å². The van der Waals surface area contributed by atoms with Gasteiger partial charge in [-0.15, -0.1) is 0 Å². The van der Waals surface area contributed by atoms with Crippen LogP contribution in [0.5, 0.6) is 40.2 Å². The average Bonchev–Trinajstić information content (AvgIpc) is 1.57. The number of rotatable bonds is 51. The van der Waals surface area contributed by atoms with Crippen LogP contribution in [0.25, 0.3) is 44.5 Å². The van der Waals surface area contributed by atoms with Crippen LogP contribution in [0.1, 0.15) is 223 Å². The van der Waals surface area contributed by atoms with E-state index in [1.165, 1.54) is 5.56 Å². The lowest BCUT2D eigenvalue weighted by atomic mass is 10.0. The van der Waals surface area contributed by atoms with E-state index in [9.17, 15) is 38.4 Å². The van der Waals surface area contributed by atoms with Gasteiger partial charge >= 0.3 is 23.9 Å². The molecule has 16 rings (SSSR count). The highest BCUT2D eigenvalue weighted by atomic mass is 16.5. The van der Waals surface area contributed by atoms with Crippen LogP contribution in [0.2, 0.25) is 0 Å². The molecular formula is C120H132N4O19. The van der Waals surface area contributed by atoms with Crippen molar-refractivity contribution in [2.75, 3.05) is 47.8 Å². The van der Waals surface area contributed by atoms with Crippen molar-refractivity contribution in [1.29, 1.82) is 0 Å². The molecule has 4 N–H and O–H groups in total. The number of aliphatic carboxylic acids is 4. The summed E-state index contributed by atoms with van der Waals surface area (Å²) in [5, 5.41) is 35.0. The van der Waals surface area contributed by atoms with Crippen LogP contribution in [-0.4, -0.2) is 159 Å². The molecule has 4 saturated carbocycles. The normalized spacial score (nSPS) is 12.7. The largest absolute Gasteiger partial charge is 0.497 e. The van der Waals surface area contributed by atoms with Crippen molar-refractivity contribution in [1.82, 2.24) is 19.6 Å². The maximum Gasteiger partial charge on any atom is 0.303 e. The Morgan fingerprint density at radius 1 is 0.252 bits per heavy atom. The molecule has 0 aromatic heterocycles. The van der Waals surface area contributed by atoms with Crippen LogP contribution in [-0.2, 0) is 45.4 Å². The zero-order valence-corrected chi connectivity index (χ0v) is 82.4. The number of nitrogens with zero attached hydrogens (tertiary/aromatic N) is 4. The van der Waals surface area contributed by atoms with Gasteiger partial charge in [0.25, 0.3) is 23.6 Å². The van der Waals surface area contributed by atoms with E-state index in [1.54, 1.807) is 21.3 Å². The summed E-state index contributed by atoms with van der Waals surface area (Å²) in [4.78, 5) is 104. The third-order valence-corrected chi connectivity index (χ3v) is 25.6. The van der Waals surface area contributed by atoms with Crippen LogP contribution in [0.3, 0.4) is 0 Å². The molecule has 23 nitrogen and oxygen atoms in total. The van der Waals surface area contributed by atoms with Gasteiger partial charge in [-0.2, -0.15) is 0 Å². The van der Waals surface area contributed by atoms with Gasteiger partial charge in [0.15, 0.2) is 0 Å². The molecule has 4 aliphatic carbocycles. The van der Waals surface area contributed by atoms with Crippen LogP contribution < -0.4 is 33.2 Å². The Hall–Kier alpha value is -15.0. The van der Waals surface area contributed by atoms with E-state index in [0.717, 1.165) is 210 Å². The third-order valence-electron chi connectivity index (χ3n) is 25.6. The summed E-state index contributed by atoms with van der Waals surface area (Å²) in [6.45, 7) is 6.19. The molecule has 4 amide bonds. The standard InChI is InChI=1S/3C30H33NO5.C30H33NO4/c1-35-28-12-7-5-10-26(28)22-14-16-23(17-15-22)30(34)31(25-18-19-25)21-24-9-4-6-11-27(24)36-20-8-2-3-13-29(32)33;1-35-27-10-7-9-24(20-27)22-13-15-23(16-14-22)30(34)31(26-17-18-26)21-25-8-4-5-11-28(25)36-19-6-2-3-12-29(32)33;1-35-27-18-14-23(15-19-27)22-10-12-24(13-11-22)30(34)31(26-16-17-26)21-25-7-4-5-8-28(25)36-20-6-2-3-9-29(32)33;1-22-10-12-23(13-11-22)24-14-16-25(17-15-24)30(34)31(27-18-19-27)21-26-7-4-5-8-28(26)35-20-6-2-3-9-29(32)33/h4-7,9-12,14-17,25H,2-3,8,13,18-21H2,1H3,(H,32,33);4-5,7-11,13-16,20,26H,2-3,6,12,17-19,21H2,1H3,(H,32,33);4-5,7-8,10-15,18-19,26H,2-3,6,9,16-17,20-21H2,1H3,(H,32,33);4-5,7-8,10-17,27H,2-3,6,9,18-21H2,1H3,(H,32,33). The van der Waals surface area contributed by atoms with Crippen molar-refractivity contribution in [3.63, 3.8) is 0 Å². The van der Waals surface area contributed by atoms with E-state index in [2.05, 4.69) is 31.2 Å². The molecule has 0 saturated heterocycles. The molecule has 746 valence electrons. The Morgan fingerprint density at radius 3 is 0.790 bits per heavy atom. The second kappa shape index (κ2) is 54.7. The Balaban J connectivity index is 0.000000160. The summed E-state index contributed by atoms with van der Waals surface area (Å²) in [6.07, 6.45) is 18.0. The monoisotopic (exact) mass is 1930 g/mol. The zero-order valence-electron chi connectivity index (χ0n) is 82.4. The van der Waals surface area contributed by atoms with Crippen LogP contribution >= 0.6 is 0 Å². The predicted octanol–water partition coefficient (Wildman–Crippen LogP) is 25.1. The predicted molar refractivity (Wildman–Crippen MR) is 556 cm³/mol. The maximum absolute atomic E-state index is 13.5. The smallest absolute Gasteiger partial charge is 0.303 e. The van der Waals surface area contributed by atoms with Gasteiger partial charge in [-0.1, -0.05) is 194 Å². The fraction of sp³-hybridized carbons (Fsp3) is 0.333. The quantitative estimate of drug-likeness (QED) is 0.0258. The van der Waals surface area contributed by atoms with Gasteiger partial charge in [0.05, 0.1) is 47.8 Å². The molecule has 143 heavy (non-hydrogen) atoms. The first-order valence-electron chi connectivity index (χ1n) is 50.0. The minimum absolute atomic E-state index is 0.0209. The number of aryl methyl sites for hydroxylation is 1. The highest BCUT2D eigenvalue weighted by Gasteiger charge is 2.38. The molecule has 0 heterocycles. The minimum Gasteiger partial charge on any atom is -0.497 e. The van der Waals surface area contributed by atoms with Gasteiger partial charge in [0.1, 0.15) is 40.2 Å². The number of benzene rings is 12. The molecule has 0 bridgehead atoms. The van der Waals surface area contributed by atoms with Crippen molar-refractivity contribution in [3.05, 3.63) is 341 Å². The lowest BCUT2D eigenvalue weighted by Crippen LogP contribution is -2.32. The molecule has 4 aliphatic rings. The SMILES string of the molecule is COc1ccc(-c2ccc(C(=O)N(Cc3ccccc3OCCCCCC(=O)O)C3CC3)cc2)cc1.COc1cccc(-c2ccc(C(=O)N(Cc3ccccc3OCCCCCC(=O)O)C3CC3)cc2)c1.COc1ccccc1-c1ccc(C(=O)N(Cc2ccccc2OCCCCCC(=O)O)C2CC2)cc1.Cc1ccc(-c2ccc(C(=O)N(Cc3ccccc3OCCCCCC(=O)O)C3CC3)cc2)cc1. The molecule has 0 spiro atoms. The molecule has 12 aromatic rings. The number of para-hydroxylation sites is 5. The highest BCUT2D eigenvalue weighted by molar-refractivity contribution is 5.98. The second-order valence-electron chi connectivity index (χ2n) is 36.6. The van der Waals surface area contributed by atoms with Crippen LogP contribution in [0.4, 0.5) is 0 Å². The molecule has 12 aromatic carbocycles. The summed E-state index contributed by atoms with van der Waals surface area (Å²) in [7, 11) is 4.96. The number of methoxy groups -OCH3 is 3. The number of ether oxygens (including phenoxy) is 7. The summed E-state index contributed by atoms with van der Waals surface area (Å²) < 4.78 is 40.1. The van der Waals surface area contributed by atoms with Gasteiger partial charge in [0, 0.05) is 126 Å². The first kappa shape index (κ1) is 105. The van der Waals surface area contributed by atoms with Gasteiger partial charge in [-0.05, 0) is 277 Å². The number of carbonyl (C=O) groups excluding carboxylic acids is 4. The lowest BCUT2D eigenvalue weighted by molar-refractivity contribution is -0.138. The molecule has 0 radical (unpaired) electrons. The Morgan fingerprint density at radius 2 is 0.510 bits per heavy atom. The van der Waals surface area contributed by atoms with Gasteiger partial charge in [0.2, 0.25) is 0 Å². The van der Waals surface area contributed by atoms with E-state index < -0.39 is 23.9 Å². The first-order chi connectivity index (χ1) is 69.7. The average molecular weight is 1930 g/mol. The van der Waals surface area contributed by atoms with Gasteiger partial charge in [-0.25, -0.2) is 0 Å². The molecular weight excluding hydrogens is 1800 g/mol. The lowest BCUT2D eigenvalue weighted by Gasteiger charge is -2.24. The molecule has 23 heteroatoms. The minimum atomic E-state index is -0.763. The van der Waals surface area contributed by atoms with Gasteiger partial charge < -0.3 is 73.2 Å². The zero-order chi connectivity index (χ0) is 101. The van der Waals surface area contributed by atoms with Gasteiger partial charge in [-0.3, -0.25) is 38.4 Å². The van der Waals surface area contributed by atoms with E-state index in [0.29, 0.717) is 101 Å².